The highest BCUT2D eigenvalue weighted by atomic mass is 32.1. The largest absolute Gasteiger partial charge is 0.450 e. The van der Waals surface area contributed by atoms with Gasteiger partial charge >= 0.3 is 6.09 Å². The second-order valence-electron chi connectivity index (χ2n) is 4.45. The van der Waals surface area contributed by atoms with Crippen LogP contribution in [0.2, 0.25) is 0 Å². The zero-order chi connectivity index (χ0) is 15.8. The average Bonchev–Trinajstić information content (AvgIpc) is 3.12. The third-order valence-electron chi connectivity index (χ3n) is 2.79. The summed E-state index contributed by atoms with van der Waals surface area (Å²) in [6, 6.07) is 3.75. The van der Waals surface area contributed by atoms with Gasteiger partial charge < -0.3 is 15.4 Å². The van der Waals surface area contributed by atoms with Gasteiger partial charge in [-0.15, -0.1) is 0 Å². The molecule has 0 atom stereocenters. The Labute approximate surface area is 132 Å². The zero-order valence-corrected chi connectivity index (χ0v) is 13.1. The molecule has 0 saturated carbocycles. The first-order valence-electron chi connectivity index (χ1n) is 6.92. The number of amides is 2. The summed E-state index contributed by atoms with van der Waals surface area (Å²) in [4.78, 5) is 23.0. The summed E-state index contributed by atoms with van der Waals surface area (Å²) >= 11 is 1.62. The van der Waals surface area contributed by atoms with E-state index >= 15 is 0 Å². The maximum Gasteiger partial charge on any atom is 0.407 e. The third-order valence-corrected chi connectivity index (χ3v) is 3.53. The van der Waals surface area contributed by atoms with E-state index in [2.05, 4.69) is 15.7 Å². The zero-order valence-electron chi connectivity index (χ0n) is 12.2. The van der Waals surface area contributed by atoms with Crippen LogP contribution in [-0.2, 0) is 16.1 Å². The van der Waals surface area contributed by atoms with Crippen LogP contribution in [0.5, 0.6) is 0 Å². The predicted molar refractivity (Wildman–Crippen MR) is 83.9 cm³/mol. The molecule has 0 aliphatic heterocycles. The Morgan fingerprint density at radius 3 is 3.00 bits per heavy atom. The van der Waals surface area contributed by atoms with Crippen LogP contribution in [-0.4, -0.2) is 34.9 Å². The molecule has 2 aromatic rings. The van der Waals surface area contributed by atoms with E-state index in [0.29, 0.717) is 19.0 Å². The van der Waals surface area contributed by atoms with Gasteiger partial charge in [-0.05, 0) is 29.3 Å². The lowest BCUT2D eigenvalue weighted by atomic mass is 10.3. The summed E-state index contributed by atoms with van der Waals surface area (Å²) in [6.07, 6.45) is 1.29. The third kappa shape index (κ3) is 4.88. The van der Waals surface area contributed by atoms with E-state index in [9.17, 15) is 9.59 Å². The fraction of sp³-hybridized carbons (Fsp3) is 0.357. The maximum atomic E-state index is 11.9. The first kappa shape index (κ1) is 16.0. The van der Waals surface area contributed by atoms with Crippen molar-refractivity contribution in [2.75, 3.05) is 18.5 Å². The molecule has 0 fully saturated rings. The summed E-state index contributed by atoms with van der Waals surface area (Å²) < 4.78 is 6.43. The van der Waals surface area contributed by atoms with Gasteiger partial charge in [0.1, 0.15) is 5.82 Å². The number of aromatic nitrogens is 2. The summed E-state index contributed by atoms with van der Waals surface area (Å²) in [5.74, 6) is 0.441. The molecule has 0 aliphatic carbocycles. The second kappa shape index (κ2) is 8.18. The smallest absolute Gasteiger partial charge is 0.407 e. The van der Waals surface area contributed by atoms with Crippen molar-refractivity contribution in [2.45, 2.75) is 19.9 Å². The number of ether oxygens (including phenoxy) is 1. The highest BCUT2D eigenvalue weighted by Gasteiger charge is 2.09. The van der Waals surface area contributed by atoms with Crippen molar-refractivity contribution in [3.05, 3.63) is 34.7 Å². The number of carbonyl (C=O) groups is 2. The van der Waals surface area contributed by atoms with Gasteiger partial charge in [0.15, 0.2) is 0 Å². The fourth-order valence-electron chi connectivity index (χ4n) is 1.79. The minimum Gasteiger partial charge on any atom is -0.450 e. The van der Waals surface area contributed by atoms with Gasteiger partial charge in [-0.3, -0.25) is 4.79 Å². The van der Waals surface area contributed by atoms with Crippen molar-refractivity contribution in [3.63, 3.8) is 0 Å². The Balaban J connectivity index is 1.79. The molecule has 0 bridgehead atoms. The number of hydrogen-bond acceptors (Lipinski definition) is 5. The Morgan fingerprint density at radius 2 is 2.27 bits per heavy atom. The highest BCUT2D eigenvalue weighted by Crippen LogP contribution is 2.12. The average molecular weight is 322 g/mol. The molecule has 0 spiro atoms. The van der Waals surface area contributed by atoms with E-state index in [4.69, 9.17) is 4.74 Å². The van der Waals surface area contributed by atoms with Gasteiger partial charge in [-0.2, -0.15) is 16.4 Å². The number of hydrogen-bond donors (Lipinski definition) is 2. The summed E-state index contributed by atoms with van der Waals surface area (Å²) in [5, 5.41) is 13.5. The van der Waals surface area contributed by atoms with Crippen LogP contribution in [0, 0.1) is 0 Å². The van der Waals surface area contributed by atoms with Gasteiger partial charge in [0.25, 0.3) is 0 Å². The number of rotatable bonds is 7. The molecule has 2 amide bonds. The second-order valence-corrected chi connectivity index (χ2v) is 5.23. The van der Waals surface area contributed by atoms with E-state index in [1.165, 1.54) is 0 Å². The molecule has 0 radical (unpaired) electrons. The highest BCUT2D eigenvalue weighted by molar-refractivity contribution is 7.07. The Morgan fingerprint density at radius 1 is 1.41 bits per heavy atom. The number of thiophene rings is 1. The van der Waals surface area contributed by atoms with Crippen molar-refractivity contribution in [2.24, 2.45) is 0 Å². The van der Waals surface area contributed by atoms with Crippen LogP contribution in [0.15, 0.2) is 29.1 Å². The van der Waals surface area contributed by atoms with Gasteiger partial charge in [0.2, 0.25) is 5.91 Å². The molecule has 118 valence electrons. The lowest BCUT2D eigenvalue weighted by molar-refractivity contribution is -0.116. The molecular formula is C14H18N4O3S. The molecular weight excluding hydrogens is 304 g/mol. The van der Waals surface area contributed by atoms with Gasteiger partial charge in [0.05, 0.1) is 19.3 Å². The number of nitrogens with one attached hydrogen (secondary N) is 2. The number of carbonyl (C=O) groups excluding carboxylic acids is 2. The fourth-order valence-corrected chi connectivity index (χ4v) is 2.45. The van der Waals surface area contributed by atoms with Crippen LogP contribution in [0.3, 0.4) is 0 Å². The van der Waals surface area contributed by atoms with Crippen molar-refractivity contribution in [1.29, 1.82) is 0 Å². The first-order chi connectivity index (χ1) is 10.7. The quantitative estimate of drug-likeness (QED) is 0.817. The first-order valence-corrected chi connectivity index (χ1v) is 7.86. The van der Waals surface area contributed by atoms with Crippen molar-refractivity contribution in [3.8, 4) is 0 Å². The van der Waals surface area contributed by atoms with E-state index in [1.807, 2.05) is 16.8 Å². The van der Waals surface area contributed by atoms with E-state index in [0.717, 1.165) is 5.56 Å². The number of anilines is 1. The number of nitrogens with zero attached hydrogens (tertiary/aromatic N) is 2. The molecule has 22 heavy (non-hydrogen) atoms. The van der Waals surface area contributed by atoms with Crippen molar-refractivity contribution >= 4 is 29.2 Å². The van der Waals surface area contributed by atoms with Crippen LogP contribution >= 0.6 is 11.3 Å². The number of alkyl carbamates (subject to hydrolysis) is 1. The van der Waals surface area contributed by atoms with Gasteiger partial charge in [-0.1, -0.05) is 0 Å². The lowest BCUT2D eigenvalue weighted by Crippen LogP contribution is -2.28. The maximum absolute atomic E-state index is 11.9. The minimum absolute atomic E-state index is 0.169. The lowest BCUT2D eigenvalue weighted by Gasteiger charge is -2.09. The molecule has 2 rings (SSSR count). The van der Waals surface area contributed by atoms with E-state index in [-0.39, 0.29) is 18.9 Å². The van der Waals surface area contributed by atoms with Crippen LogP contribution < -0.4 is 10.6 Å². The minimum atomic E-state index is -0.516. The molecule has 2 aromatic heterocycles. The molecule has 0 aromatic carbocycles. The molecule has 2 N–H and O–H groups in total. The molecule has 0 aliphatic rings. The van der Waals surface area contributed by atoms with Crippen LogP contribution in [0.4, 0.5) is 10.6 Å². The van der Waals surface area contributed by atoms with E-state index < -0.39 is 6.09 Å². The topological polar surface area (TPSA) is 85.2 Å². The Hall–Kier alpha value is -2.35. The monoisotopic (exact) mass is 322 g/mol. The summed E-state index contributed by atoms with van der Waals surface area (Å²) in [5.41, 5.74) is 1.13. The van der Waals surface area contributed by atoms with Crippen LogP contribution in [0.25, 0.3) is 0 Å². The van der Waals surface area contributed by atoms with Gasteiger partial charge in [-0.25, -0.2) is 9.48 Å². The van der Waals surface area contributed by atoms with Crippen molar-refractivity contribution < 1.29 is 14.3 Å². The Bertz CT molecular complexity index is 609. The molecule has 2 heterocycles. The molecule has 0 saturated heterocycles. The summed E-state index contributed by atoms with van der Waals surface area (Å²) in [7, 11) is 0. The van der Waals surface area contributed by atoms with Crippen molar-refractivity contribution in [1.82, 2.24) is 15.1 Å². The normalized spacial score (nSPS) is 10.2. The molecule has 7 nitrogen and oxygen atoms in total. The standard InChI is InChI=1S/C14H18N4O3S/c1-2-21-14(20)15-6-4-13(19)17-12-3-7-16-18(12)9-11-5-8-22-10-11/h3,5,7-8,10H,2,4,6,9H2,1H3,(H,15,20)(H,17,19). The van der Waals surface area contributed by atoms with Crippen LogP contribution in [0.1, 0.15) is 18.9 Å². The SMILES string of the molecule is CCOC(=O)NCCC(=O)Nc1ccnn1Cc1ccsc1. The molecule has 0 unspecified atom stereocenters. The predicted octanol–water partition coefficient (Wildman–Crippen LogP) is 2.07. The molecule has 8 heteroatoms. The summed E-state index contributed by atoms with van der Waals surface area (Å²) in [6.45, 7) is 2.86. The van der Waals surface area contributed by atoms with Gasteiger partial charge in [0, 0.05) is 19.0 Å². The Kier molecular flexibility index (Phi) is 5.96. The van der Waals surface area contributed by atoms with E-state index in [1.54, 1.807) is 35.2 Å².